The summed E-state index contributed by atoms with van der Waals surface area (Å²) in [6, 6.07) is 3.52. The second-order valence-electron chi connectivity index (χ2n) is 3.73. The van der Waals surface area contributed by atoms with Crippen molar-refractivity contribution in [2.75, 3.05) is 17.4 Å². The van der Waals surface area contributed by atoms with E-state index >= 15 is 0 Å². The second-order valence-corrected chi connectivity index (χ2v) is 4.72. The highest BCUT2D eigenvalue weighted by molar-refractivity contribution is 7.98. The number of carbonyl (C=O) groups excluding carboxylic acids is 1. The molecular weight excluding hydrogens is 236 g/mol. The van der Waals surface area contributed by atoms with Crippen molar-refractivity contribution in [1.82, 2.24) is 10.3 Å². The van der Waals surface area contributed by atoms with E-state index in [9.17, 15) is 4.79 Å². The molecule has 0 spiro atoms. The highest BCUT2D eigenvalue weighted by atomic mass is 32.2. The molecule has 0 aliphatic rings. The van der Waals surface area contributed by atoms with Gasteiger partial charge in [0.1, 0.15) is 5.69 Å². The quantitative estimate of drug-likeness (QED) is 0.526. The summed E-state index contributed by atoms with van der Waals surface area (Å²) >= 11 is 1.77. The van der Waals surface area contributed by atoms with Gasteiger partial charge in [0, 0.05) is 6.04 Å². The number of anilines is 1. The molecule has 0 radical (unpaired) electrons. The Balaban J connectivity index is 2.51. The number of pyridine rings is 1. The normalized spacial score (nSPS) is 11.9. The van der Waals surface area contributed by atoms with Crippen molar-refractivity contribution in [3.8, 4) is 0 Å². The van der Waals surface area contributed by atoms with Crippen LogP contribution in [0.2, 0.25) is 0 Å². The molecule has 94 valence electrons. The third-order valence-corrected chi connectivity index (χ3v) is 2.94. The van der Waals surface area contributed by atoms with Crippen LogP contribution in [-0.2, 0) is 0 Å². The maximum atomic E-state index is 11.8. The first-order chi connectivity index (χ1) is 8.17. The van der Waals surface area contributed by atoms with Gasteiger partial charge in [-0.1, -0.05) is 0 Å². The summed E-state index contributed by atoms with van der Waals surface area (Å²) in [6.45, 7) is 1.99. The minimum absolute atomic E-state index is 0.151. The lowest BCUT2D eigenvalue weighted by molar-refractivity contribution is 0.0934. The van der Waals surface area contributed by atoms with Crippen LogP contribution in [-0.4, -0.2) is 28.9 Å². The molecule has 1 heterocycles. The third-order valence-electron chi connectivity index (χ3n) is 2.30. The topological polar surface area (TPSA) is 80.0 Å². The van der Waals surface area contributed by atoms with Crippen LogP contribution in [0.5, 0.6) is 0 Å². The summed E-state index contributed by atoms with van der Waals surface area (Å²) in [5.74, 6) is 6.10. The van der Waals surface area contributed by atoms with Crippen molar-refractivity contribution >= 4 is 23.4 Å². The average Bonchev–Trinajstić information content (AvgIpc) is 2.36. The minimum Gasteiger partial charge on any atom is -0.348 e. The first-order valence-electron chi connectivity index (χ1n) is 5.40. The second kappa shape index (κ2) is 7.13. The van der Waals surface area contributed by atoms with Crippen LogP contribution in [0.1, 0.15) is 23.8 Å². The number of thioether (sulfide) groups is 1. The van der Waals surface area contributed by atoms with Crippen LogP contribution in [0.25, 0.3) is 0 Å². The number of hydrogen-bond donors (Lipinski definition) is 3. The van der Waals surface area contributed by atoms with Gasteiger partial charge < -0.3 is 10.7 Å². The maximum Gasteiger partial charge on any atom is 0.270 e. The van der Waals surface area contributed by atoms with Crippen molar-refractivity contribution < 1.29 is 4.79 Å². The van der Waals surface area contributed by atoms with Gasteiger partial charge in [0.25, 0.3) is 5.91 Å². The average molecular weight is 254 g/mol. The van der Waals surface area contributed by atoms with E-state index in [1.165, 1.54) is 6.20 Å². The lowest BCUT2D eigenvalue weighted by Crippen LogP contribution is -2.33. The van der Waals surface area contributed by atoms with E-state index in [0.717, 1.165) is 12.2 Å². The van der Waals surface area contributed by atoms with Crippen molar-refractivity contribution in [3.05, 3.63) is 24.0 Å². The molecule has 0 aliphatic heterocycles. The van der Waals surface area contributed by atoms with E-state index in [1.807, 2.05) is 6.92 Å². The Kier molecular flexibility index (Phi) is 5.79. The Morgan fingerprint density at radius 1 is 1.59 bits per heavy atom. The van der Waals surface area contributed by atoms with Crippen molar-refractivity contribution in [2.45, 2.75) is 19.4 Å². The fraction of sp³-hybridized carbons (Fsp3) is 0.455. The number of rotatable bonds is 6. The lowest BCUT2D eigenvalue weighted by atomic mass is 10.2. The number of hydrazine groups is 1. The molecule has 6 heteroatoms. The summed E-state index contributed by atoms with van der Waals surface area (Å²) in [7, 11) is 0. The maximum absolute atomic E-state index is 11.8. The summed E-state index contributed by atoms with van der Waals surface area (Å²) in [5.41, 5.74) is 3.55. The molecule has 1 rings (SSSR count). The van der Waals surface area contributed by atoms with E-state index in [-0.39, 0.29) is 11.9 Å². The Morgan fingerprint density at radius 2 is 2.35 bits per heavy atom. The zero-order valence-corrected chi connectivity index (χ0v) is 10.9. The number of aromatic nitrogens is 1. The van der Waals surface area contributed by atoms with Crippen LogP contribution in [0, 0.1) is 0 Å². The van der Waals surface area contributed by atoms with Crippen LogP contribution in [0.3, 0.4) is 0 Å². The van der Waals surface area contributed by atoms with Crippen LogP contribution in [0.4, 0.5) is 5.69 Å². The summed E-state index contributed by atoms with van der Waals surface area (Å²) in [5, 5.41) is 2.90. The Hall–Kier alpha value is -1.27. The molecule has 5 nitrogen and oxygen atoms in total. The Morgan fingerprint density at radius 3 is 2.88 bits per heavy atom. The van der Waals surface area contributed by atoms with Crippen LogP contribution >= 0.6 is 11.8 Å². The number of carbonyl (C=O) groups is 1. The van der Waals surface area contributed by atoms with Gasteiger partial charge in [-0.2, -0.15) is 11.8 Å². The molecule has 0 aromatic carbocycles. The number of amides is 1. The largest absolute Gasteiger partial charge is 0.348 e. The lowest BCUT2D eigenvalue weighted by Gasteiger charge is -2.12. The number of nitrogens with zero attached hydrogens (tertiary/aromatic N) is 1. The monoisotopic (exact) mass is 254 g/mol. The fourth-order valence-electron chi connectivity index (χ4n) is 1.28. The summed E-state index contributed by atoms with van der Waals surface area (Å²) in [6.07, 6.45) is 4.53. The number of hydrogen-bond acceptors (Lipinski definition) is 5. The molecule has 4 N–H and O–H groups in total. The first-order valence-corrected chi connectivity index (χ1v) is 6.79. The van der Waals surface area contributed by atoms with E-state index in [4.69, 9.17) is 5.84 Å². The van der Waals surface area contributed by atoms with Gasteiger partial charge in [0.2, 0.25) is 0 Å². The SMILES string of the molecule is CSCCC(C)NC(=O)c1ccc(NN)cn1. The molecule has 0 saturated heterocycles. The zero-order valence-electron chi connectivity index (χ0n) is 10.1. The molecular formula is C11H18N4OS. The van der Waals surface area contributed by atoms with E-state index in [1.54, 1.807) is 23.9 Å². The molecule has 1 aromatic heterocycles. The van der Waals surface area contributed by atoms with Crippen molar-refractivity contribution in [2.24, 2.45) is 5.84 Å². The molecule has 1 unspecified atom stereocenters. The molecule has 1 amide bonds. The smallest absolute Gasteiger partial charge is 0.270 e. The molecule has 1 aromatic rings. The van der Waals surface area contributed by atoms with Gasteiger partial charge in [-0.15, -0.1) is 0 Å². The van der Waals surface area contributed by atoms with Crippen LogP contribution in [0.15, 0.2) is 18.3 Å². The number of nitrogens with two attached hydrogens (primary N) is 1. The van der Waals surface area contributed by atoms with Crippen molar-refractivity contribution in [3.63, 3.8) is 0 Å². The van der Waals surface area contributed by atoms with Gasteiger partial charge in [-0.25, -0.2) is 4.98 Å². The molecule has 1 atom stereocenters. The number of nitrogens with one attached hydrogen (secondary N) is 2. The molecule has 0 bridgehead atoms. The van der Waals surface area contributed by atoms with Gasteiger partial charge in [-0.05, 0) is 37.5 Å². The van der Waals surface area contributed by atoms with E-state index < -0.39 is 0 Å². The fourth-order valence-corrected chi connectivity index (χ4v) is 1.87. The van der Waals surface area contributed by atoms with Gasteiger partial charge >= 0.3 is 0 Å². The van der Waals surface area contributed by atoms with Gasteiger partial charge in [-0.3, -0.25) is 10.6 Å². The molecule has 0 aliphatic carbocycles. The third kappa shape index (κ3) is 4.62. The van der Waals surface area contributed by atoms with Crippen molar-refractivity contribution in [1.29, 1.82) is 0 Å². The summed E-state index contributed by atoms with van der Waals surface area (Å²) in [4.78, 5) is 15.8. The van der Waals surface area contributed by atoms with Gasteiger partial charge in [0.05, 0.1) is 11.9 Å². The van der Waals surface area contributed by atoms with E-state index in [0.29, 0.717) is 11.4 Å². The van der Waals surface area contributed by atoms with Gasteiger partial charge in [0.15, 0.2) is 0 Å². The zero-order chi connectivity index (χ0) is 12.7. The molecule has 17 heavy (non-hydrogen) atoms. The van der Waals surface area contributed by atoms with Crippen LogP contribution < -0.4 is 16.6 Å². The predicted octanol–water partition coefficient (Wildman–Crippen LogP) is 1.24. The highest BCUT2D eigenvalue weighted by Gasteiger charge is 2.10. The summed E-state index contributed by atoms with van der Waals surface area (Å²) < 4.78 is 0. The Bertz CT molecular complexity index is 355. The minimum atomic E-state index is -0.151. The Labute approximate surface area is 106 Å². The van der Waals surface area contributed by atoms with E-state index in [2.05, 4.69) is 22.0 Å². The standard InChI is InChI=1S/C11H18N4OS/c1-8(5-6-17-2)14-11(16)10-4-3-9(15-12)7-13-10/h3-4,7-8,15H,5-6,12H2,1-2H3,(H,14,16). The molecule has 0 saturated carbocycles. The highest BCUT2D eigenvalue weighted by Crippen LogP contribution is 2.05. The molecule has 0 fully saturated rings. The predicted molar refractivity (Wildman–Crippen MR) is 72.0 cm³/mol. The first kappa shape index (κ1) is 13.8. The number of nitrogen functional groups attached to an aromatic ring is 1.